The molecule has 2 aromatic rings. The highest BCUT2D eigenvalue weighted by molar-refractivity contribution is 5.92. The Hall–Kier alpha value is -2.68. The van der Waals surface area contributed by atoms with Gasteiger partial charge in [-0.25, -0.2) is 9.97 Å². The van der Waals surface area contributed by atoms with Gasteiger partial charge in [0, 0.05) is 0 Å². The number of primary amides is 1. The predicted octanol–water partition coefficient (Wildman–Crippen LogP) is 1.31. The first-order chi connectivity index (χ1) is 12.0. The molecule has 0 bridgehead atoms. The lowest BCUT2D eigenvalue weighted by Crippen LogP contribution is -2.32. The van der Waals surface area contributed by atoms with Gasteiger partial charge in [-0.15, -0.1) is 0 Å². The minimum Gasteiger partial charge on any atom is -0.446 e. The number of rotatable bonds is 6. The smallest absolute Gasteiger partial charge is 0.273 e. The fraction of sp³-hybridized carbons (Fsp3) is 0.500. The third-order valence-corrected chi connectivity index (χ3v) is 4.11. The van der Waals surface area contributed by atoms with Gasteiger partial charge in [0.2, 0.25) is 11.8 Å². The number of amides is 2. The fourth-order valence-electron chi connectivity index (χ4n) is 2.72. The van der Waals surface area contributed by atoms with Crippen LogP contribution in [0.25, 0.3) is 0 Å². The predicted molar refractivity (Wildman–Crippen MR) is 86.5 cm³/mol. The lowest BCUT2D eigenvalue weighted by molar-refractivity contribution is 0.0911. The van der Waals surface area contributed by atoms with E-state index in [-0.39, 0.29) is 29.2 Å². The zero-order valence-corrected chi connectivity index (χ0v) is 14.1. The molecule has 2 atom stereocenters. The maximum atomic E-state index is 12.5. The van der Waals surface area contributed by atoms with Crippen molar-refractivity contribution < 1.29 is 18.4 Å². The highest BCUT2D eigenvalue weighted by Gasteiger charge is 2.27. The minimum atomic E-state index is -0.686. The Morgan fingerprint density at radius 2 is 2.04 bits per heavy atom. The topological polar surface area (TPSA) is 136 Å². The first-order valence-corrected chi connectivity index (χ1v) is 8.20. The summed E-state index contributed by atoms with van der Waals surface area (Å²) in [6, 6.07) is -0.474. The summed E-state index contributed by atoms with van der Waals surface area (Å²) in [4.78, 5) is 32.0. The van der Waals surface area contributed by atoms with Gasteiger partial charge in [-0.2, -0.15) is 0 Å². The quantitative estimate of drug-likeness (QED) is 0.716. The van der Waals surface area contributed by atoms with Crippen molar-refractivity contribution in [2.75, 3.05) is 6.54 Å². The van der Waals surface area contributed by atoms with Gasteiger partial charge in [-0.3, -0.25) is 9.59 Å². The van der Waals surface area contributed by atoms with E-state index in [1.165, 1.54) is 12.5 Å². The molecule has 0 unspecified atom stereocenters. The molecule has 1 saturated heterocycles. The van der Waals surface area contributed by atoms with Crippen LogP contribution in [0, 0.1) is 5.92 Å². The number of oxazole rings is 2. The van der Waals surface area contributed by atoms with E-state index in [1.807, 2.05) is 13.8 Å². The third kappa shape index (κ3) is 3.71. The maximum Gasteiger partial charge on any atom is 0.273 e. The number of nitrogens with two attached hydrogens (primary N) is 1. The van der Waals surface area contributed by atoms with Gasteiger partial charge in [0.15, 0.2) is 11.4 Å². The summed E-state index contributed by atoms with van der Waals surface area (Å²) in [7, 11) is 0. The summed E-state index contributed by atoms with van der Waals surface area (Å²) >= 11 is 0. The van der Waals surface area contributed by atoms with Crippen LogP contribution in [0.5, 0.6) is 0 Å². The van der Waals surface area contributed by atoms with E-state index in [9.17, 15) is 9.59 Å². The second-order valence-corrected chi connectivity index (χ2v) is 6.35. The van der Waals surface area contributed by atoms with Crippen LogP contribution in [0.2, 0.25) is 0 Å². The van der Waals surface area contributed by atoms with Crippen LogP contribution in [0.4, 0.5) is 0 Å². The Morgan fingerprint density at radius 1 is 1.28 bits per heavy atom. The first kappa shape index (κ1) is 17.2. The highest BCUT2D eigenvalue weighted by Crippen LogP contribution is 2.24. The number of hydrogen-bond donors (Lipinski definition) is 3. The lowest BCUT2D eigenvalue weighted by atomic mass is 10.0. The lowest BCUT2D eigenvalue weighted by Gasteiger charge is -2.18. The molecule has 0 aromatic carbocycles. The van der Waals surface area contributed by atoms with Gasteiger partial charge in [0.25, 0.3) is 11.8 Å². The van der Waals surface area contributed by atoms with E-state index in [1.54, 1.807) is 0 Å². The van der Waals surface area contributed by atoms with Crippen LogP contribution in [0.15, 0.2) is 21.4 Å². The SMILES string of the molecule is CC(C)[C@H](NC(=O)c1coc([C@@H]2CCCN2)n1)c1nc(C(N)=O)co1. The standard InChI is InChI=1S/C16H21N5O4/c1-8(2)12(16-19-10(6-25-16)13(17)22)21-14(23)11-7-24-15(20-11)9-4-3-5-18-9/h6-9,12,18H,3-5H2,1-2H3,(H2,17,22)(H,21,23)/t9-,12-/m0/s1. The highest BCUT2D eigenvalue weighted by atomic mass is 16.3. The number of carbonyl (C=O) groups excluding carboxylic acids is 2. The fourth-order valence-corrected chi connectivity index (χ4v) is 2.72. The van der Waals surface area contributed by atoms with Gasteiger partial charge in [-0.1, -0.05) is 13.8 Å². The second-order valence-electron chi connectivity index (χ2n) is 6.35. The van der Waals surface area contributed by atoms with Crippen molar-refractivity contribution in [3.05, 3.63) is 35.7 Å². The third-order valence-electron chi connectivity index (χ3n) is 4.11. The summed E-state index contributed by atoms with van der Waals surface area (Å²) < 4.78 is 10.7. The first-order valence-electron chi connectivity index (χ1n) is 8.20. The van der Waals surface area contributed by atoms with Gasteiger partial charge in [0.05, 0.1) is 6.04 Å². The number of aromatic nitrogens is 2. The average Bonchev–Trinajstić information content (AvgIpc) is 3.32. The van der Waals surface area contributed by atoms with Crippen molar-refractivity contribution in [3.63, 3.8) is 0 Å². The second kappa shape index (κ2) is 7.06. The Balaban J connectivity index is 1.73. The molecule has 25 heavy (non-hydrogen) atoms. The van der Waals surface area contributed by atoms with Crippen molar-refractivity contribution in [2.45, 2.75) is 38.8 Å². The van der Waals surface area contributed by atoms with Crippen molar-refractivity contribution in [2.24, 2.45) is 11.7 Å². The number of nitrogens with zero attached hydrogens (tertiary/aromatic N) is 2. The number of nitrogens with one attached hydrogen (secondary N) is 2. The van der Waals surface area contributed by atoms with Gasteiger partial charge in [-0.05, 0) is 25.3 Å². The molecular weight excluding hydrogens is 326 g/mol. The van der Waals surface area contributed by atoms with Crippen LogP contribution in [-0.2, 0) is 0 Å². The van der Waals surface area contributed by atoms with E-state index in [0.29, 0.717) is 5.89 Å². The zero-order chi connectivity index (χ0) is 18.0. The van der Waals surface area contributed by atoms with E-state index < -0.39 is 17.9 Å². The number of hydrogen-bond acceptors (Lipinski definition) is 7. The van der Waals surface area contributed by atoms with E-state index in [2.05, 4.69) is 20.6 Å². The molecule has 1 aliphatic heterocycles. The molecule has 2 amide bonds. The Bertz CT molecular complexity index is 760. The van der Waals surface area contributed by atoms with Crippen LogP contribution in [-0.4, -0.2) is 28.3 Å². The molecule has 1 fully saturated rings. The monoisotopic (exact) mass is 347 g/mol. The summed E-state index contributed by atoms with van der Waals surface area (Å²) in [6.07, 6.45) is 4.50. The number of carbonyl (C=O) groups is 2. The van der Waals surface area contributed by atoms with Crippen molar-refractivity contribution >= 4 is 11.8 Å². The van der Waals surface area contributed by atoms with Gasteiger partial charge in [0.1, 0.15) is 18.6 Å². The van der Waals surface area contributed by atoms with Crippen molar-refractivity contribution in [1.29, 1.82) is 0 Å². The molecule has 9 heteroatoms. The Labute approximate surface area is 144 Å². The molecule has 0 saturated carbocycles. The molecule has 0 radical (unpaired) electrons. The van der Waals surface area contributed by atoms with Crippen LogP contribution in [0.3, 0.4) is 0 Å². The molecule has 0 aliphatic carbocycles. The molecule has 0 spiro atoms. The molecule has 3 rings (SSSR count). The van der Waals surface area contributed by atoms with E-state index >= 15 is 0 Å². The van der Waals surface area contributed by atoms with Crippen LogP contribution < -0.4 is 16.4 Å². The molecule has 3 heterocycles. The maximum absolute atomic E-state index is 12.5. The molecule has 2 aromatic heterocycles. The molecule has 9 nitrogen and oxygen atoms in total. The molecule has 134 valence electrons. The zero-order valence-electron chi connectivity index (χ0n) is 14.1. The summed E-state index contributed by atoms with van der Waals surface area (Å²) in [5.41, 5.74) is 5.39. The summed E-state index contributed by atoms with van der Waals surface area (Å²) in [5.74, 6) is -0.375. The summed E-state index contributed by atoms with van der Waals surface area (Å²) in [6.45, 7) is 4.71. The van der Waals surface area contributed by atoms with Gasteiger partial charge < -0.3 is 25.2 Å². The summed E-state index contributed by atoms with van der Waals surface area (Å²) in [5, 5.41) is 6.08. The van der Waals surface area contributed by atoms with E-state index in [0.717, 1.165) is 19.4 Å². The minimum absolute atomic E-state index is 0.0194. The molecule has 4 N–H and O–H groups in total. The van der Waals surface area contributed by atoms with Crippen LogP contribution in [0.1, 0.15) is 71.5 Å². The Kier molecular flexibility index (Phi) is 4.84. The largest absolute Gasteiger partial charge is 0.446 e. The van der Waals surface area contributed by atoms with Crippen molar-refractivity contribution in [1.82, 2.24) is 20.6 Å². The normalized spacial score (nSPS) is 18.4. The molecule has 1 aliphatic rings. The van der Waals surface area contributed by atoms with E-state index in [4.69, 9.17) is 14.6 Å². The average molecular weight is 347 g/mol. The molecular formula is C16H21N5O4. The van der Waals surface area contributed by atoms with Gasteiger partial charge >= 0.3 is 0 Å². The van der Waals surface area contributed by atoms with Crippen molar-refractivity contribution in [3.8, 4) is 0 Å². The Morgan fingerprint density at radius 3 is 2.64 bits per heavy atom. The van der Waals surface area contributed by atoms with Crippen LogP contribution >= 0.6 is 0 Å².